The molecule has 6 nitrogen and oxygen atoms in total. The van der Waals surface area contributed by atoms with Gasteiger partial charge in [-0.3, -0.25) is 14.5 Å². The molecule has 0 spiro atoms. The van der Waals surface area contributed by atoms with Gasteiger partial charge in [-0.25, -0.2) is 4.98 Å². The van der Waals surface area contributed by atoms with Crippen LogP contribution in [0, 0.1) is 6.92 Å². The second-order valence-corrected chi connectivity index (χ2v) is 8.27. The van der Waals surface area contributed by atoms with Crippen molar-refractivity contribution in [2.45, 2.75) is 26.0 Å². The molecule has 0 bridgehead atoms. The number of nitrogens with zero attached hydrogens (tertiary/aromatic N) is 2. The summed E-state index contributed by atoms with van der Waals surface area (Å²) in [5.41, 5.74) is 2.06. The lowest BCUT2D eigenvalue weighted by molar-refractivity contribution is -0.142. The number of carboxylic acid groups (broad SMARTS) is 1. The predicted molar refractivity (Wildman–Crippen MR) is 109 cm³/mol. The lowest BCUT2D eigenvalue weighted by atomic mass is 10.1. The van der Waals surface area contributed by atoms with Gasteiger partial charge in [-0.1, -0.05) is 35.3 Å². The van der Waals surface area contributed by atoms with Crippen molar-refractivity contribution in [1.29, 1.82) is 0 Å². The number of benzene rings is 2. The van der Waals surface area contributed by atoms with E-state index in [9.17, 15) is 9.59 Å². The smallest absolute Gasteiger partial charge is 0.307 e. The van der Waals surface area contributed by atoms with E-state index in [4.69, 9.17) is 33.0 Å². The van der Waals surface area contributed by atoms with Crippen LogP contribution in [0.25, 0.3) is 10.2 Å². The Labute approximate surface area is 174 Å². The fourth-order valence-corrected chi connectivity index (χ4v) is 4.57. The van der Waals surface area contributed by atoms with E-state index in [2.05, 4.69) is 4.98 Å². The first kappa shape index (κ1) is 19.0. The number of ether oxygens (including phenoxy) is 1. The Morgan fingerprint density at radius 2 is 2.11 bits per heavy atom. The number of hydrogen-bond acceptors (Lipinski definition) is 5. The minimum atomic E-state index is -1.10. The Morgan fingerprint density at radius 3 is 2.86 bits per heavy atom. The Bertz CT molecular complexity index is 1110. The molecule has 1 aromatic heterocycles. The Balaban J connectivity index is 1.76. The summed E-state index contributed by atoms with van der Waals surface area (Å²) >= 11 is 13.7. The first-order valence-electron chi connectivity index (χ1n) is 8.38. The average Bonchev–Trinajstić information content (AvgIpc) is 3.05. The lowest BCUT2D eigenvalue weighted by Crippen LogP contribution is -2.46. The van der Waals surface area contributed by atoms with Crippen LogP contribution in [0.2, 0.25) is 10.0 Å². The first-order valence-corrected chi connectivity index (χ1v) is 9.95. The molecule has 0 radical (unpaired) electrons. The molecular formula is C19H14Cl2N2O4S. The molecule has 0 fully saturated rings. The third-order valence-electron chi connectivity index (χ3n) is 4.43. The molecule has 2 heterocycles. The number of anilines is 1. The molecular weight excluding hydrogens is 423 g/mol. The standard InChI is InChI=1S/C19H14Cl2N2O4S/c1-9-3-2-4-11-18(9)23(19(26)12(27-11)7-15(24)25)8-14-22-17-13(28-14)6-5-10(20)16(17)21/h2-6,12H,7-8H2,1H3,(H,24,25). The molecule has 1 aliphatic rings. The van der Waals surface area contributed by atoms with Crippen LogP contribution in [0.1, 0.15) is 17.0 Å². The van der Waals surface area contributed by atoms with Gasteiger partial charge >= 0.3 is 5.97 Å². The van der Waals surface area contributed by atoms with Crippen LogP contribution in [-0.2, 0) is 16.1 Å². The van der Waals surface area contributed by atoms with Crippen LogP contribution in [0.4, 0.5) is 5.69 Å². The molecule has 1 atom stereocenters. The van der Waals surface area contributed by atoms with E-state index >= 15 is 0 Å². The molecule has 1 aliphatic heterocycles. The summed E-state index contributed by atoms with van der Waals surface area (Å²) in [5.74, 6) is -1.03. The minimum Gasteiger partial charge on any atom is -0.481 e. The number of aromatic nitrogens is 1. The molecule has 1 amide bonds. The van der Waals surface area contributed by atoms with E-state index in [1.54, 1.807) is 18.2 Å². The van der Waals surface area contributed by atoms with Crippen LogP contribution in [-0.4, -0.2) is 28.1 Å². The van der Waals surface area contributed by atoms with Gasteiger partial charge in [0.1, 0.15) is 16.3 Å². The number of hydrogen-bond donors (Lipinski definition) is 1. The van der Waals surface area contributed by atoms with Crippen molar-refractivity contribution in [1.82, 2.24) is 4.98 Å². The van der Waals surface area contributed by atoms with Crippen molar-refractivity contribution in [3.8, 4) is 5.75 Å². The predicted octanol–water partition coefficient (Wildman–Crippen LogP) is 4.68. The quantitative estimate of drug-likeness (QED) is 0.641. The lowest BCUT2D eigenvalue weighted by Gasteiger charge is -2.34. The zero-order valence-corrected chi connectivity index (χ0v) is 16.9. The van der Waals surface area contributed by atoms with Gasteiger partial charge in [0.05, 0.1) is 33.4 Å². The van der Waals surface area contributed by atoms with Gasteiger partial charge in [0, 0.05) is 0 Å². The molecule has 144 valence electrons. The van der Waals surface area contributed by atoms with Crippen LogP contribution in [0.15, 0.2) is 30.3 Å². The van der Waals surface area contributed by atoms with Crippen molar-refractivity contribution in [3.05, 3.63) is 50.9 Å². The summed E-state index contributed by atoms with van der Waals surface area (Å²) in [6, 6.07) is 8.94. The Hall–Kier alpha value is -2.35. The molecule has 0 saturated carbocycles. The summed E-state index contributed by atoms with van der Waals surface area (Å²) in [4.78, 5) is 30.2. The number of carboxylic acids is 1. The largest absolute Gasteiger partial charge is 0.481 e. The minimum absolute atomic E-state index is 0.184. The second kappa shape index (κ2) is 7.24. The number of halogens is 2. The van der Waals surface area contributed by atoms with E-state index < -0.39 is 24.4 Å². The number of fused-ring (bicyclic) bond motifs is 2. The monoisotopic (exact) mass is 436 g/mol. The Morgan fingerprint density at radius 1 is 1.32 bits per heavy atom. The van der Waals surface area contributed by atoms with E-state index in [1.165, 1.54) is 16.2 Å². The molecule has 1 N–H and O–H groups in total. The third kappa shape index (κ3) is 3.30. The molecule has 28 heavy (non-hydrogen) atoms. The molecule has 0 aliphatic carbocycles. The van der Waals surface area contributed by atoms with Crippen molar-refractivity contribution in [2.75, 3.05) is 4.90 Å². The van der Waals surface area contributed by atoms with E-state index in [0.29, 0.717) is 32.0 Å². The fraction of sp³-hybridized carbons (Fsp3) is 0.211. The molecule has 9 heteroatoms. The number of carbonyl (C=O) groups is 2. The topological polar surface area (TPSA) is 79.7 Å². The van der Waals surface area contributed by atoms with Gasteiger partial charge in [-0.05, 0) is 30.7 Å². The van der Waals surface area contributed by atoms with Crippen LogP contribution in [0.5, 0.6) is 5.75 Å². The van der Waals surface area contributed by atoms with Gasteiger partial charge in [0.25, 0.3) is 5.91 Å². The molecule has 0 saturated heterocycles. The van der Waals surface area contributed by atoms with Crippen LogP contribution >= 0.6 is 34.5 Å². The summed E-state index contributed by atoms with van der Waals surface area (Å²) < 4.78 is 6.53. The highest BCUT2D eigenvalue weighted by Gasteiger charge is 2.37. The number of aliphatic carboxylic acids is 1. The van der Waals surface area contributed by atoms with Crippen LogP contribution in [0.3, 0.4) is 0 Å². The highest BCUT2D eigenvalue weighted by molar-refractivity contribution is 7.18. The summed E-state index contributed by atoms with van der Waals surface area (Å²) in [6.45, 7) is 2.05. The zero-order valence-electron chi connectivity index (χ0n) is 14.6. The van der Waals surface area contributed by atoms with Gasteiger partial charge in [0.2, 0.25) is 0 Å². The van der Waals surface area contributed by atoms with Gasteiger partial charge in [0.15, 0.2) is 6.10 Å². The fourth-order valence-electron chi connectivity index (χ4n) is 3.19. The molecule has 2 aromatic carbocycles. The van der Waals surface area contributed by atoms with E-state index in [1.807, 2.05) is 19.1 Å². The summed E-state index contributed by atoms with van der Waals surface area (Å²) in [7, 11) is 0. The zero-order chi connectivity index (χ0) is 20.0. The summed E-state index contributed by atoms with van der Waals surface area (Å²) in [5, 5.41) is 10.6. The molecule has 1 unspecified atom stereocenters. The maximum Gasteiger partial charge on any atom is 0.307 e. The normalized spacial score (nSPS) is 16.2. The highest BCUT2D eigenvalue weighted by Crippen LogP contribution is 2.40. The third-order valence-corrected chi connectivity index (χ3v) is 6.23. The second-order valence-electron chi connectivity index (χ2n) is 6.37. The van der Waals surface area contributed by atoms with Gasteiger partial charge in [-0.15, -0.1) is 11.3 Å². The van der Waals surface area contributed by atoms with E-state index in [0.717, 1.165) is 10.3 Å². The number of rotatable bonds is 4. The number of amides is 1. The number of carbonyl (C=O) groups excluding carboxylic acids is 1. The van der Waals surface area contributed by atoms with Crippen molar-refractivity contribution < 1.29 is 19.4 Å². The average molecular weight is 437 g/mol. The maximum atomic E-state index is 13.0. The highest BCUT2D eigenvalue weighted by atomic mass is 35.5. The number of para-hydroxylation sites is 1. The summed E-state index contributed by atoms with van der Waals surface area (Å²) in [6.07, 6.45) is -1.50. The van der Waals surface area contributed by atoms with E-state index in [-0.39, 0.29) is 6.54 Å². The number of aryl methyl sites for hydroxylation is 1. The van der Waals surface area contributed by atoms with Gasteiger partial charge in [-0.2, -0.15) is 0 Å². The van der Waals surface area contributed by atoms with Crippen molar-refractivity contribution in [2.24, 2.45) is 0 Å². The van der Waals surface area contributed by atoms with Gasteiger partial charge < -0.3 is 9.84 Å². The van der Waals surface area contributed by atoms with Crippen molar-refractivity contribution in [3.63, 3.8) is 0 Å². The van der Waals surface area contributed by atoms with Crippen molar-refractivity contribution >= 4 is 62.3 Å². The molecule has 4 rings (SSSR count). The number of thiazole rings is 1. The maximum absolute atomic E-state index is 13.0. The molecule has 3 aromatic rings. The van der Waals surface area contributed by atoms with Crippen LogP contribution < -0.4 is 9.64 Å². The SMILES string of the molecule is Cc1cccc2c1N(Cc1nc3c(Cl)c(Cl)ccc3s1)C(=O)C(CC(=O)O)O2. The first-order chi connectivity index (χ1) is 13.3. The Kier molecular flexibility index (Phi) is 4.91.